The van der Waals surface area contributed by atoms with Gasteiger partial charge in [0.05, 0.1) is 6.54 Å². The van der Waals surface area contributed by atoms with E-state index in [1.165, 1.54) is 17.7 Å². The van der Waals surface area contributed by atoms with Crippen LogP contribution in [0.5, 0.6) is 0 Å². The number of thiocarbonyl (C=S) groups is 1. The van der Waals surface area contributed by atoms with E-state index in [1.54, 1.807) is 23.1 Å². The molecule has 2 aromatic carbocycles. The highest BCUT2D eigenvalue weighted by atomic mass is 32.1. The van der Waals surface area contributed by atoms with Crippen LogP contribution in [0.4, 0.5) is 16.0 Å². The average molecular weight is 341 g/mol. The predicted octanol–water partition coefficient (Wildman–Crippen LogP) is 3.58. The van der Waals surface area contributed by atoms with Crippen LogP contribution in [0.15, 0.2) is 54.9 Å². The first-order chi connectivity index (χ1) is 11.6. The maximum absolute atomic E-state index is 13.1. The molecule has 1 aromatic heterocycles. The SMILES string of the molecule is Cc1ccc(Cn2cnc(NC(=S)Nc3cccc(F)c3)n2)cc1. The maximum atomic E-state index is 13.1. The summed E-state index contributed by atoms with van der Waals surface area (Å²) in [5.74, 6) is 0.0549. The highest BCUT2D eigenvalue weighted by molar-refractivity contribution is 7.80. The van der Waals surface area contributed by atoms with Gasteiger partial charge in [-0.25, -0.2) is 14.1 Å². The molecule has 0 atom stereocenters. The summed E-state index contributed by atoms with van der Waals surface area (Å²) in [4.78, 5) is 4.17. The van der Waals surface area contributed by atoms with Crippen molar-refractivity contribution in [3.8, 4) is 0 Å². The van der Waals surface area contributed by atoms with Crippen LogP contribution in [0.25, 0.3) is 0 Å². The summed E-state index contributed by atoms with van der Waals surface area (Å²) in [5.41, 5.74) is 2.91. The standard InChI is InChI=1S/C17H16FN5S/c1-12-5-7-13(8-6-12)10-23-11-19-16(22-23)21-17(24)20-15-4-2-3-14(18)9-15/h2-9,11H,10H2,1H3,(H2,20,21,22,24). The summed E-state index contributed by atoms with van der Waals surface area (Å²) in [6.07, 6.45) is 1.63. The molecular weight excluding hydrogens is 325 g/mol. The molecule has 0 amide bonds. The quantitative estimate of drug-likeness (QED) is 0.711. The molecule has 0 aliphatic heterocycles. The van der Waals surface area contributed by atoms with E-state index in [9.17, 15) is 4.39 Å². The van der Waals surface area contributed by atoms with Gasteiger partial charge in [0, 0.05) is 5.69 Å². The molecule has 5 nitrogen and oxygen atoms in total. The fourth-order valence-electron chi connectivity index (χ4n) is 2.14. The minimum Gasteiger partial charge on any atom is -0.332 e. The van der Waals surface area contributed by atoms with Gasteiger partial charge in [-0.05, 0) is 42.9 Å². The van der Waals surface area contributed by atoms with Crippen molar-refractivity contribution in [1.82, 2.24) is 14.8 Å². The largest absolute Gasteiger partial charge is 0.332 e. The van der Waals surface area contributed by atoms with Gasteiger partial charge in [0.15, 0.2) is 5.11 Å². The molecular formula is C17H16FN5S. The molecule has 2 N–H and O–H groups in total. The summed E-state index contributed by atoms with van der Waals surface area (Å²) in [7, 11) is 0. The zero-order valence-corrected chi connectivity index (χ0v) is 13.8. The van der Waals surface area contributed by atoms with Crippen molar-refractivity contribution >= 4 is 29.0 Å². The third kappa shape index (κ3) is 4.36. The third-order valence-corrected chi connectivity index (χ3v) is 3.51. The Morgan fingerprint density at radius 3 is 2.71 bits per heavy atom. The second-order valence-electron chi connectivity index (χ2n) is 5.34. The normalized spacial score (nSPS) is 10.4. The molecule has 122 valence electrons. The van der Waals surface area contributed by atoms with Crippen molar-refractivity contribution in [2.75, 3.05) is 10.6 Å². The second kappa shape index (κ2) is 7.18. The van der Waals surface area contributed by atoms with Gasteiger partial charge in [0.2, 0.25) is 5.95 Å². The molecule has 3 rings (SSSR count). The van der Waals surface area contributed by atoms with Gasteiger partial charge in [-0.2, -0.15) is 0 Å². The van der Waals surface area contributed by atoms with Crippen LogP contribution < -0.4 is 10.6 Å². The van der Waals surface area contributed by atoms with Crippen LogP contribution in [-0.2, 0) is 6.54 Å². The van der Waals surface area contributed by atoms with E-state index < -0.39 is 0 Å². The number of anilines is 2. The molecule has 0 fully saturated rings. The Labute approximate surface area is 144 Å². The number of nitrogens with one attached hydrogen (secondary N) is 2. The van der Waals surface area contributed by atoms with E-state index in [1.807, 2.05) is 6.92 Å². The van der Waals surface area contributed by atoms with Crippen molar-refractivity contribution in [2.24, 2.45) is 0 Å². The molecule has 0 saturated heterocycles. The summed E-state index contributed by atoms with van der Waals surface area (Å²) >= 11 is 5.18. The average Bonchev–Trinajstić information content (AvgIpc) is 2.96. The lowest BCUT2D eigenvalue weighted by atomic mass is 10.1. The molecule has 0 spiro atoms. The van der Waals surface area contributed by atoms with Crippen molar-refractivity contribution in [1.29, 1.82) is 0 Å². The van der Waals surface area contributed by atoms with Gasteiger partial charge in [-0.1, -0.05) is 35.9 Å². The van der Waals surface area contributed by atoms with Crippen molar-refractivity contribution in [3.05, 3.63) is 71.8 Å². The van der Waals surface area contributed by atoms with E-state index in [4.69, 9.17) is 12.2 Å². The molecule has 0 bridgehead atoms. The number of hydrogen-bond donors (Lipinski definition) is 2. The van der Waals surface area contributed by atoms with Gasteiger partial charge < -0.3 is 5.32 Å². The zero-order valence-electron chi connectivity index (χ0n) is 13.0. The number of benzene rings is 2. The molecule has 0 radical (unpaired) electrons. The summed E-state index contributed by atoms with van der Waals surface area (Å²) < 4.78 is 14.9. The number of nitrogens with zero attached hydrogens (tertiary/aromatic N) is 3. The lowest BCUT2D eigenvalue weighted by molar-refractivity contribution is 0.628. The van der Waals surface area contributed by atoms with Gasteiger partial charge in [0.1, 0.15) is 12.1 Å². The first-order valence-electron chi connectivity index (χ1n) is 7.37. The Bertz CT molecular complexity index is 844. The molecule has 0 aliphatic rings. The smallest absolute Gasteiger partial charge is 0.248 e. The van der Waals surface area contributed by atoms with Crippen LogP contribution in [-0.4, -0.2) is 19.9 Å². The minimum absolute atomic E-state index is 0.300. The lowest BCUT2D eigenvalue weighted by Gasteiger charge is -2.07. The molecule has 7 heteroatoms. The van der Waals surface area contributed by atoms with Gasteiger partial charge in [-0.3, -0.25) is 5.32 Å². The van der Waals surface area contributed by atoms with Gasteiger partial charge >= 0.3 is 0 Å². The van der Waals surface area contributed by atoms with Crippen molar-refractivity contribution < 1.29 is 4.39 Å². The Hall–Kier alpha value is -2.80. The molecule has 0 saturated carbocycles. The van der Waals surface area contributed by atoms with Gasteiger partial charge in [-0.15, -0.1) is 5.10 Å². The second-order valence-corrected chi connectivity index (χ2v) is 5.75. The van der Waals surface area contributed by atoms with Crippen LogP contribution in [0.2, 0.25) is 0 Å². The molecule has 24 heavy (non-hydrogen) atoms. The summed E-state index contributed by atoms with van der Waals surface area (Å²) in [5, 5.41) is 10.4. The predicted molar refractivity (Wildman–Crippen MR) is 96.5 cm³/mol. The molecule has 0 aliphatic carbocycles. The highest BCUT2D eigenvalue weighted by Crippen LogP contribution is 2.10. The zero-order chi connectivity index (χ0) is 16.9. The lowest BCUT2D eigenvalue weighted by Crippen LogP contribution is -2.20. The number of rotatable bonds is 4. The number of halogens is 1. The third-order valence-electron chi connectivity index (χ3n) is 3.31. The maximum Gasteiger partial charge on any atom is 0.248 e. The topological polar surface area (TPSA) is 54.8 Å². The molecule has 3 aromatic rings. The Balaban J connectivity index is 1.59. The minimum atomic E-state index is -0.330. The first kappa shape index (κ1) is 16.1. The van der Waals surface area contributed by atoms with Crippen LogP contribution in [0.3, 0.4) is 0 Å². The van der Waals surface area contributed by atoms with Crippen LogP contribution in [0.1, 0.15) is 11.1 Å². The van der Waals surface area contributed by atoms with E-state index in [0.717, 1.165) is 5.56 Å². The highest BCUT2D eigenvalue weighted by Gasteiger charge is 2.05. The van der Waals surface area contributed by atoms with E-state index in [-0.39, 0.29) is 5.82 Å². The van der Waals surface area contributed by atoms with Crippen molar-refractivity contribution in [3.63, 3.8) is 0 Å². The fraction of sp³-hybridized carbons (Fsp3) is 0.118. The number of hydrogen-bond acceptors (Lipinski definition) is 3. The van der Waals surface area contributed by atoms with Gasteiger partial charge in [0.25, 0.3) is 0 Å². The first-order valence-corrected chi connectivity index (χ1v) is 7.78. The number of aryl methyl sites for hydroxylation is 1. The van der Waals surface area contributed by atoms with Crippen LogP contribution >= 0.6 is 12.2 Å². The van der Waals surface area contributed by atoms with E-state index in [0.29, 0.717) is 23.3 Å². The van der Waals surface area contributed by atoms with Crippen LogP contribution in [0, 0.1) is 12.7 Å². The monoisotopic (exact) mass is 341 g/mol. The number of aromatic nitrogens is 3. The molecule has 0 unspecified atom stereocenters. The van der Waals surface area contributed by atoms with E-state index in [2.05, 4.69) is 45.0 Å². The summed E-state index contributed by atoms with van der Waals surface area (Å²) in [6.45, 7) is 2.67. The Morgan fingerprint density at radius 2 is 1.96 bits per heavy atom. The summed E-state index contributed by atoms with van der Waals surface area (Å²) in [6, 6.07) is 14.3. The molecule has 1 heterocycles. The van der Waals surface area contributed by atoms with Crippen molar-refractivity contribution in [2.45, 2.75) is 13.5 Å². The Morgan fingerprint density at radius 1 is 1.17 bits per heavy atom. The fourth-order valence-corrected chi connectivity index (χ4v) is 2.35. The Kier molecular flexibility index (Phi) is 4.81. The van der Waals surface area contributed by atoms with E-state index >= 15 is 0 Å².